The Hall–Kier alpha value is -2.43. The summed E-state index contributed by atoms with van der Waals surface area (Å²) < 4.78 is 26.2. The number of benzene rings is 2. The third kappa shape index (κ3) is 4.27. The molecule has 0 radical (unpaired) electrons. The van der Waals surface area contributed by atoms with Crippen LogP contribution in [0.5, 0.6) is 0 Å². The van der Waals surface area contributed by atoms with Gasteiger partial charge in [-0.3, -0.25) is 0 Å². The van der Waals surface area contributed by atoms with Crippen molar-refractivity contribution in [2.75, 3.05) is 7.05 Å². The second-order valence-corrected chi connectivity index (χ2v) is 4.73. The smallest absolute Gasteiger partial charge is 0.317 e. The van der Waals surface area contributed by atoms with Gasteiger partial charge in [0.05, 0.1) is 0 Å². The number of carbonyl (C=O) groups is 1. The van der Waals surface area contributed by atoms with E-state index >= 15 is 0 Å². The van der Waals surface area contributed by atoms with Gasteiger partial charge in [-0.25, -0.2) is 13.6 Å². The maximum Gasteiger partial charge on any atom is 0.317 e. The highest BCUT2D eigenvalue weighted by atomic mass is 19.1. The van der Waals surface area contributed by atoms with Crippen LogP contribution in [0.1, 0.15) is 11.1 Å². The van der Waals surface area contributed by atoms with Crippen LogP contribution >= 0.6 is 0 Å². The van der Waals surface area contributed by atoms with Gasteiger partial charge < -0.3 is 10.2 Å². The lowest BCUT2D eigenvalue weighted by atomic mass is 10.2. The maximum absolute atomic E-state index is 13.4. The first-order valence-electron chi connectivity index (χ1n) is 6.53. The molecule has 21 heavy (non-hydrogen) atoms. The average molecular weight is 290 g/mol. The summed E-state index contributed by atoms with van der Waals surface area (Å²) in [6.07, 6.45) is 0. The van der Waals surface area contributed by atoms with Gasteiger partial charge in [-0.05, 0) is 23.8 Å². The van der Waals surface area contributed by atoms with Crippen LogP contribution in [-0.2, 0) is 13.1 Å². The largest absolute Gasteiger partial charge is 0.334 e. The summed E-state index contributed by atoms with van der Waals surface area (Å²) in [7, 11) is 1.63. The Labute approximate surface area is 122 Å². The molecule has 0 bridgehead atoms. The van der Waals surface area contributed by atoms with Crippen molar-refractivity contribution in [3.63, 3.8) is 0 Å². The van der Waals surface area contributed by atoms with Gasteiger partial charge in [0, 0.05) is 25.7 Å². The number of hydrogen-bond acceptors (Lipinski definition) is 1. The number of nitrogens with zero attached hydrogens (tertiary/aromatic N) is 1. The lowest BCUT2D eigenvalue weighted by Crippen LogP contribution is -2.36. The quantitative estimate of drug-likeness (QED) is 0.920. The highest BCUT2D eigenvalue weighted by molar-refractivity contribution is 5.73. The lowest BCUT2D eigenvalue weighted by molar-refractivity contribution is 0.206. The molecule has 0 spiro atoms. The molecule has 2 aromatic rings. The molecule has 2 amide bonds. The molecule has 110 valence electrons. The summed E-state index contributed by atoms with van der Waals surface area (Å²) in [5.41, 5.74) is 1.25. The van der Waals surface area contributed by atoms with Gasteiger partial charge in [-0.15, -0.1) is 0 Å². The van der Waals surface area contributed by atoms with Crippen molar-refractivity contribution >= 4 is 6.03 Å². The summed E-state index contributed by atoms with van der Waals surface area (Å²) in [6, 6.07) is 11.9. The second-order valence-electron chi connectivity index (χ2n) is 4.73. The SMILES string of the molecule is CN(Cc1ccc(F)cc1)C(=O)NCc1ccccc1F. The van der Waals surface area contributed by atoms with E-state index in [0.717, 1.165) is 5.56 Å². The van der Waals surface area contributed by atoms with Gasteiger partial charge in [-0.1, -0.05) is 30.3 Å². The molecule has 0 saturated carbocycles. The highest BCUT2D eigenvalue weighted by Gasteiger charge is 2.10. The van der Waals surface area contributed by atoms with Crippen molar-refractivity contribution < 1.29 is 13.6 Å². The Kier molecular flexibility index (Phi) is 4.87. The average Bonchev–Trinajstić information content (AvgIpc) is 2.48. The molecule has 5 heteroatoms. The molecule has 0 unspecified atom stereocenters. The molecule has 0 aliphatic carbocycles. The predicted molar refractivity (Wildman–Crippen MR) is 76.5 cm³/mol. The number of amides is 2. The molecule has 3 nitrogen and oxygen atoms in total. The number of carbonyl (C=O) groups excluding carboxylic acids is 1. The minimum absolute atomic E-state index is 0.124. The molecule has 0 aliphatic heterocycles. The maximum atomic E-state index is 13.4. The minimum Gasteiger partial charge on any atom is -0.334 e. The molecule has 0 aromatic heterocycles. The normalized spacial score (nSPS) is 10.2. The highest BCUT2D eigenvalue weighted by Crippen LogP contribution is 2.07. The summed E-state index contributed by atoms with van der Waals surface area (Å²) in [4.78, 5) is 13.4. The van der Waals surface area contributed by atoms with Crippen LogP contribution in [0, 0.1) is 11.6 Å². The molecule has 0 fully saturated rings. The fourth-order valence-corrected chi connectivity index (χ4v) is 1.88. The van der Waals surface area contributed by atoms with Crippen LogP contribution < -0.4 is 5.32 Å². The third-order valence-corrected chi connectivity index (χ3v) is 3.07. The minimum atomic E-state index is -0.348. The Morgan fingerprint density at radius 2 is 1.76 bits per heavy atom. The van der Waals surface area contributed by atoms with Gasteiger partial charge in [-0.2, -0.15) is 0 Å². The molecule has 0 aliphatic rings. The van der Waals surface area contributed by atoms with Crippen LogP contribution in [0.2, 0.25) is 0 Å². The summed E-state index contributed by atoms with van der Waals surface area (Å²) in [5.74, 6) is -0.663. The van der Waals surface area contributed by atoms with Gasteiger partial charge in [0.2, 0.25) is 0 Å². The van der Waals surface area contributed by atoms with Crippen molar-refractivity contribution in [3.8, 4) is 0 Å². The molecule has 0 heterocycles. The Morgan fingerprint density at radius 1 is 1.10 bits per heavy atom. The van der Waals surface area contributed by atoms with E-state index in [9.17, 15) is 13.6 Å². The zero-order valence-corrected chi connectivity index (χ0v) is 11.6. The van der Waals surface area contributed by atoms with Crippen LogP contribution in [-0.4, -0.2) is 18.0 Å². The standard InChI is InChI=1S/C16H16F2N2O/c1-20(11-12-6-8-14(17)9-7-12)16(21)19-10-13-4-2-3-5-15(13)18/h2-9H,10-11H2,1H3,(H,19,21). The van der Waals surface area contributed by atoms with E-state index in [2.05, 4.69) is 5.32 Å². The number of halogens is 2. The Bertz CT molecular complexity index is 614. The van der Waals surface area contributed by atoms with E-state index in [1.807, 2.05) is 0 Å². The van der Waals surface area contributed by atoms with E-state index in [0.29, 0.717) is 12.1 Å². The van der Waals surface area contributed by atoms with Crippen LogP contribution in [0.15, 0.2) is 48.5 Å². The predicted octanol–water partition coefficient (Wildman–Crippen LogP) is 3.31. The first-order valence-corrected chi connectivity index (χ1v) is 6.53. The molecule has 0 saturated heterocycles. The lowest BCUT2D eigenvalue weighted by Gasteiger charge is -2.18. The number of hydrogen-bond donors (Lipinski definition) is 1. The summed E-state index contributed by atoms with van der Waals surface area (Å²) in [5, 5.41) is 2.64. The number of urea groups is 1. The van der Waals surface area contributed by atoms with Crippen molar-refractivity contribution in [2.24, 2.45) is 0 Å². The number of nitrogens with one attached hydrogen (secondary N) is 1. The van der Waals surface area contributed by atoms with Gasteiger partial charge >= 0.3 is 6.03 Å². The van der Waals surface area contributed by atoms with Crippen molar-refractivity contribution in [2.45, 2.75) is 13.1 Å². The van der Waals surface area contributed by atoms with E-state index in [-0.39, 0.29) is 24.2 Å². The molecule has 2 aromatic carbocycles. The fourth-order valence-electron chi connectivity index (χ4n) is 1.88. The zero-order valence-electron chi connectivity index (χ0n) is 11.6. The van der Waals surface area contributed by atoms with Gasteiger partial charge in [0.25, 0.3) is 0 Å². The molecule has 0 atom stereocenters. The molecule has 1 N–H and O–H groups in total. The fraction of sp³-hybridized carbons (Fsp3) is 0.188. The summed E-state index contributed by atoms with van der Waals surface area (Å²) in [6.45, 7) is 0.475. The molecular formula is C16H16F2N2O. The van der Waals surface area contributed by atoms with Crippen molar-refractivity contribution in [3.05, 3.63) is 71.3 Å². The van der Waals surface area contributed by atoms with Crippen LogP contribution in [0.4, 0.5) is 13.6 Å². The second kappa shape index (κ2) is 6.83. The van der Waals surface area contributed by atoms with Crippen molar-refractivity contribution in [1.82, 2.24) is 10.2 Å². The molecule has 2 rings (SSSR count). The first kappa shape index (κ1) is 15.0. The van der Waals surface area contributed by atoms with Crippen LogP contribution in [0.25, 0.3) is 0 Å². The van der Waals surface area contributed by atoms with E-state index in [1.165, 1.54) is 23.1 Å². The topological polar surface area (TPSA) is 32.3 Å². The van der Waals surface area contributed by atoms with Gasteiger partial charge in [0.15, 0.2) is 0 Å². The van der Waals surface area contributed by atoms with E-state index in [1.54, 1.807) is 37.4 Å². The van der Waals surface area contributed by atoms with Crippen LogP contribution in [0.3, 0.4) is 0 Å². The zero-order chi connectivity index (χ0) is 15.2. The van der Waals surface area contributed by atoms with E-state index < -0.39 is 0 Å². The van der Waals surface area contributed by atoms with E-state index in [4.69, 9.17) is 0 Å². The first-order chi connectivity index (χ1) is 10.1. The number of rotatable bonds is 4. The Morgan fingerprint density at radius 3 is 2.43 bits per heavy atom. The summed E-state index contributed by atoms with van der Waals surface area (Å²) >= 11 is 0. The third-order valence-electron chi connectivity index (χ3n) is 3.07. The Balaban J connectivity index is 1.88. The monoisotopic (exact) mass is 290 g/mol. The molecular weight excluding hydrogens is 274 g/mol. The van der Waals surface area contributed by atoms with Crippen molar-refractivity contribution in [1.29, 1.82) is 0 Å². The van der Waals surface area contributed by atoms with Gasteiger partial charge in [0.1, 0.15) is 11.6 Å².